The molecular weight excluding hydrogens is 461 g/mol. The van der Waals surface area contributed by atoms with Gasteiger partial charge in [0.05, 0.1) is 22.8 Å². The minimum absolute atomic E-state index is 0.0890. The molecule has 1 saturated heterocycles. The van der Waals surface area contributed by atoms with Crippen LogP contribution in [-0.4, -0.2) is 22.8 Å². The summed E-state index contributed by atoms with van der Waals surface area (Å²) >= 11 is 6.61. The van der Waals surface area contributed by atoms with Gasteiger partial charge in [-0.15, -0.1) is 0 Å². The van der Waals surface area contributed by atoms with Crippen molar-refractivity contribution in [1.82, 2.24) is 0 Å². The Labute approximate surface area is 199 Å². The highest BCUT2D eigenvalue weighted by Crippen LogP contribution is 2.37. The summed E-state index contributed by atoms with van der Waals surface area (Å²) in [6.07, 6.45) is 1.71. The molecule has 0 aliphatic carbocycles. The first-order chi connectivity index (χ1) is 16.0. The van der Waals surface area contributed by atoms with Gasteiger partial charge >= 0.3 is 5.97 Å². The number of halogens is 1. The van der Waals surface area contributed by atoms with E-state index in [1.165, 1.54) is 34.9 Å². The fraction of sp³-hybridized carbons (Fsp3) is 0.0800. The van der Waals surface area contributed by atoms with Crippen LogP contribution in [0.15, 0.2) is 77.7 Å². The molecule has 0 unspecified atom stereocenters. The van der Waals surface area contributed by atoms with Crippen LogP contribution in [0.4, 0.5) is 10.1 Å². The minimum atomic E-state index is -0.702. The number of benzene rings is 3. The predicted molar refractivity (Wildman–Crippen MR) is 131 cm³/mol. The van der Waals surface area contributed by atoms with Crippen LogP contribution < -0.4 is 14.4 Å². The third-order valence-corrected chi connectivity index (χ3v) is 5.94. The number of anilines is 1. The topological polar surface area (TPSA) is 55.8 Å². The zero-order chi connectivity index (χ0) is 23.4. The number of nitrogens with zero attached hydrogens (tertiary/aromatic N) is 1. The lowest BCUT2D eigenvalue weighted by Crippen LogP contribution is -2.27. The number of hydrogen-bond acceptors (Lipinski definition) is 6. The summed E-state index contributed by atoms with van der Waals surface area (Å²) in [5.41, 5.74) is 1.47. The van der Waals surface area contributed by atoms with E-state index in [9.17, 15) is 14.0 Å². The summed E-state index contributed by atoms with van der Waals surface area (Å²) in [5, 5.41) is 0. The average molecular weight is 480 g/mol. The van der Waals surface area contributed by atoms with Crippen molar-refractivity contribution in [2.24, 2.45) is 0 Å². The molecule has 1 aliphatic rings. The molecule has 0 N–H and O–H groups in total. The Morgan fingerprint density at radius 2 is 1.85 bits per heavy atom. The van der Waals surface area contributed by atoms with Gasteiger partial charge in [-0.1, -0.05) is 54.3 Å². The molecule has 0 bridgehead atoms. The highest BCUT2D eigenvalue weighted by atomic mass is 32.2. The van der Waals surface area contributed by atoms with Crippen molar-refractivity contribution in [1.29, 1.82) is 0 Å². The van der Waals surface area contributed by atoms with Crippen LogP contribution in [0.1, 0.15) is 22.8 Å². The molecule has 8 heteroatoms. The van der Waals surface area contributed by atoms with E-state index in [-0.39, 0.29) is 17.2 Å². The van der Waals surface area contributed by atoms with Gasteiger partial charge in [-0.05, 0) is 61.0 Å². The number of ether oxygens (including phenoxy) is 2. The molecule has 3 aromatic rings. The monoisotopic (exact) mass is 479 g/mol. The van der Waals surface area contributed by atoms with Crippen molar-refractivity contribution >= 4 is 51.9 Å². The van der Waals surface area contributed by atoms with Crippen molar-refractivity contribution in [3.63, 3.8) is 0 Å². The second-order valence-electron chi connectivity index (χ2n) is 6.89. The summed E-state index contributed by atoms with van der Waals surface area (Å²) in [6.45, 7) is 2.14. The lowest BCUT2D eigenvalue weighted by atomic mass is 10.1. The van der Waals surface area contributed by atoms with E-state index in [2.05, 4.69) is 0 Å². The molecule has 1 heterocycles. The second-order valence-corrected chi connectivity index (χ2v) is 8.57. The van der Waals surface area contributed by atoms with E-state index in [0.717, 1.165) is 6.07 Å². The van der Waals surface area contributed by atoms with Crippen molar-refractivity contribution in [2.45, 2.75) is 6.92 Å². The van der Waals surface area contributed by atoms with Crippen molar-refractivity contribution < 1.29 is 23.5 Å². The number of rotatable bonds is 6. The maximum absolute atomic E-state index is 13.4. The number of thioether (sulfide) groups is 1. The lowest BCUT2D eigenvalue weighted by Gasteiger charge is -2.14. The van der Waals surface area contributed by atoms with E-state index in [1.54, 1.807) is 31.2 Å². The van der Waals surface area contributed by atoms with Gasteiger partial charge in [0.1, 0.15) is 5.82 Å². The summed E-state index contributed by atoms with van der Waals surface area (Å²) in [6, 6.07) is 19.4. The van der Waals surface area contributed by atoms with E-state index in [4.69, 9.17) is 21.7 Å². The molecule has 1 fully saturated rings. The SMILES string of the molecule is CCOc1cc(/C=C2\SC(=S)N(c3ccccc3)C2=O)ccc1OC(=O)c1cccc(F)c1. The van der Waals surface area contributed by atoms with Crippen LogP contribution in [0.5, 0.6) is 11.5 Å². The molecule has 0 spiro atoms. The second kappa shape index (κ2) is 9.97. The standard InChI is InChI=1S/C25H18FNO4S2/c1-2-30-21-13-16(11-12-20(21)31-24(29)17-7-6-8-18(26)15-17)14-22-23(28)27(25(32)33-22)19-9-4-3-5-10-19/h3-15H,2H2,1H3/b22-14-. The maximum Gasteiger partial charge on any atom is 0.343 e. The Morgan fingerprint density at radius 3 is 2.58 bits per heavy atom. The van der Waals surface area contributed by atoms with E-state index < -0.39 is 11.8 Å². The van der Waals surface area contributed by atoms with E-state index in [0.29, 0.717) is 32.8 Å². The smallest absolute Gasteiger partial charge is 0.343 e. The van der Waals surface area contributed by atoms with Crippen LogP contribution in [0.2, 0.25) is 0 Å². The molecule has 4 rings (SSSR count). The van der Waals surface area contributed by atoms with Gasteiger partial charge in [-0.25, -0.2) is 9.18 Å². The highest BCUT2D eigenvalue weighted by molar-refractivity contribution is 8.27. The quantitative estimate of drug-likeness (QED) is 0.191. The van der Waals surface area contributed by atoms with Crippen LogP contribution >= 0.6 is 24.0 Å². The van der Waals surface area contributed by atoms with Gasteiger partial charge in [0, 0.05) is 0 Å². The molecule has 1 amide bonds. The summed E-state index contributed by atoms with van der Waals surface area (Å²) in [7, 11) is 0. The fourth-order valence-electron chi connectivity index (χ4n) is 3.16. The van der Waals surface area contributed by atoms with Crippen LogP contribution in [-0.2, 0) is 4.79 Å². The normalized spacial score (nSPS) is 14.6. The Kier molecular flexibility index (Phi) is 6.86. The Morgan fingerprint density at radius 1 is 1.06 bits per heavy atom. The number of para-hydroxylation sites is 1. The number of carbonyl (C=O) groups excluding carboxylic acids is 2. The molecule has 1 aliphatic heterocycles. The third-order valence-electron chi connectivity index (χ3n) is 4.64. The Hall–Kier alpha value is -3.49. The van der Waals surface area contributed by atoms with Gasteiger partial charge in [0.25, 0.3) is 5.91 Å². The number of carbonyl (C=O) groups is 2. The van der Waals surface area contributed by atoms with E-state index >= 15 is 0 Å². The summed E-state index contributed by atoms with van der Waals surface area (Å²) < 4.78 is 24.9. The number of hydrogen-bond donors (Lipinski definition) is 0. The first-order valence-electron chi connectivity index (χ1n) is 10.0. The molecule has 0 saturated carbocycles. The molecule has 0 radical (unpaired) electrons. The van der Waals surface area contributed by atoms with Crippen molar-refractivity contribution in [3.05, 3.63) is 94.6 Å². The summed E-state index contributed by atoms with van der Waals surface area (Å²) in [5.74, 6) is -0.921. The number of thiocarbonyl (C=S) groups is 1. The number of esters is 1. The molecule has 0 atom stereocenters. The molecule has 5 nitrogen and oxygen atoms in total. The number of amides is 1. The van der Waals surface area contributed by atoms with E-state index in [1.807, 2.05) is 30.3 Å². The van der Waals surface area contributed by atoms with Gasteiger partial charge in [0.15, 0.2) is 15.8 Å². The summed E-state index contributed by atoms with van der Waals surface area (Å²) in [4.78, 5) is 27.3. The zero-order valence-corrected chi connectivity index (χ0v) is 19.1. The lowest BCUT2D eigenvalue weighted by molar-refractivity contribution is -0.113. The van der Waals surface area contributed by atoms with Gasteiger partial charge in [-0.2, -0.15) is 0 Å². The molecule has 3 aromatic carbocycles. The van der Waals surface area contributed by atoms with Gasteiger partial charge < -0.3 is 9.47 Å². The maximum atomic E-state index is 13.4. The fourth-order valence-corrected chi connectivity index (χ4v) is 4.46. The van der Waals surface area contributed by atoms with Crippen LogP contribution in [0, 0.1) is 5.82 Å². The first kappa shape index (κ1) is 22.7. The largest absolute Gasteiger partial charge is 0.490 e. The van der Waals surface area contributed by atoms with Gasteiger partial charge in [-0.3, -0.25) is 9.69 Å². The Bertz CT molecular complexity index is 1260. The van der Waals surface area contributed by atoms with Crippen molar-refractivity contribution in [3.8, 4) is 11.5 Å². The van der Waals surface area contributed by atoms with Crippen molar-refractivity contribution in [2.75, 3.05) is 11.5 Å². The predicted octanol–water partition coefficient (Wildman–Crippen LogP) is 5.85. The first-order valence-corrected chi connectivity index (χ1v) is 11.3. The zero-order valence-electron chi connectivity index (χ0n) is 17.5. The van der Waals surface area contributed by atoms with Crippen LogP contribution in [0.25, 0.3) is 6.08 Å². The third kappa shape index (κ3) is 5.13. The molecule has 0 aromatic heterocycles. The molecule has 166 valence electrons. The Balaban J connectivity index is 1.58. The average Bonchev–Trinajstić information content (AvgIpc) is 3.08. The molecule has 33 heavy (non-hydrogen) atoms. The van der Waals surface area contributed by atoms with Crippen LogP contribution in [0.3, 0.4) is 0 Å². The van der Waals surface area contributed by atoms with Gasteiger partial charge in [0.2, 0.25) is 0 Å². The highest BCUT2D eigenvalue weighted by Gasteiger charge is 2.33. The minimum Gasteiger partial charge on any atom is -0.490 e. The molecular formula is C25H18FNO4S2.